The van der Waals surface area contributed by atoms with Gasteiger partial charge in [-0.15, -0.1) is 0 Å². The van der Waals surface area contributed by atoms with Gasteiger partial charge in [-0.05, 0) is 59.7 Å². The van der Waals surface area contributed by atoms with Gasteiger partial charge in [0.15, 0.2) is 5.69 Å². The van der Waals surface area contributed by atoms with Crippen LogP contribution in [0.25, 0.3) is 16.0 Å². The summed E-state index contributed by atoms with van der Waals surface area (Å²) in [7, 11) is 0. The van der Waals surface area contributed by atoms with E-state index in [9.17, 15) is 14.7 Å². The number of ether oxygens (including phenoxy) is 1. The van der Waals surface area contributed by atoms with Crippen molar-refractivity contribution in [3.63, 3.8) is 0 Å². The molecule has 1 saturated heterocycles. The van der Waals surface area contributed by atoms with Crippen LogP contribution in [0.5, 0.6) is 0 Å². The van der Waals surface area contributed by atoms with Gasteiger partial charge in [0.05, 0.1) is 30.3 Å². The number of aliphatic hydroxyl groups excluding tert-OH is 1. The highest BCUT2D eigenvalue weighted by atomic mass is 16.5. The molecule has 0 aliphatic carbocycles. The molecule has 0 saturated carbocycles. The van der Waals surface area contributed by atoms with Crippen molar-refractivity contribution >= 4 is 17.6 Å². The number of nitrogens with two attached hydrogens (primary N) is 1. The molecule has 0 bridgehead atoms. The summed E-state index contributed by atoms with van der Waals surface area (Å²) in [5.41, 5.74) is 9.34. The fourth-order valence-electron chi connectivity index (χ4n) is 5.48. The zero-order chi connectivity index (χ0) is 29.5. The van der Waals surface area contributed by atoms with Crippen molar-refractivity contribution in [2.24, 2.45) is 5.73 Å². The molecule has 0 aromatic heterocycles. The summed E-state index contributed by atoms with van der Waals surface area (Å²) in [6, 6.07) is 31.3. The molecule has 0 spiro atoms. The van der Waals surface area contributed by atoms with Gasteiger partial charge in [-0.1, -0.05) is 84.9 Å². The van der Waals surface area contributed by atoms with E-state index in [1.807, 2.05) is 71.6 Å². The summed E-state index contributed by atoms with van der Waals surface area (Å²) < 4.78 is 5.65. The van der Waals surface area contributed by atoms with Gasteiger partial charge in [0.1, 0.15) is 6.61 Å². The second-order valence-electron chi connectivity index (χ2n) is 10.8. The lowest BCUT2D eigenvalue weighted by molar-refractivity contribution is 0.0331. The summed E-state index contributed by atoms with van der Waals surface area (Å²) in [6.45, 7) is 7.64. The summed E-state index contributed by atoms with van der Waals surface area (Å²) >= 11 is 0. The van der Waals surface area contributed by atoms with Gasteiger partial charge in [-0.3, -0.25) is 4.79 Å². The Hall–Kier alpha value is -4.77. The number of amides is 1. The molecule has 3 N–H and O–H groups in total. The van der Waals surface area contributed by atoms with Crippen molar-refractivity contribution in [1.82, 2.24) is 4.90 Å². The lowest BCUT2D eigenvalue weighted by Gasteiger charge is -2.27. The number of benzene rings is 4. The Balaban J connectivity index is 1.46. The summed E-state index contributed by atoms with van der Waals surface area (Å²) in [5.74, 6) is -0.853. The van der Waals surface area contributed by atoms with Crippen molar-refractivity contribution in [2.45, 2.75) is 30.8 Å². The third-order valence-corrected chi connectivity index (χ3v) is 7.65. The Morgan fingerprint density at radius 1 is 0.952 bits per heavy atom. The minimum absolute atomic E-state index is 0.0614. The minimum atomic E-state index is -1.18. The first kappa shape index (κ1) is 28.7. The largest absolute Gasteiger partial charge is 0.460 e. The summed E-state index contributed by atoms with van der Waals surface area (Å²) in [6.07, 6.45) is 2.04. The van der Waals surface area contributed by atoms with Gasteiger partial charge in [0.2, 0.25) is 0 Å². The molecule has 1 heterocycles. The van der Waals surface area contributed by atoms with Crippen LogP contribution in [-0.2, 0) is 11.2 Å². The number of likely N-dealkylation sites (tertiary alicyclic amines) is 1. The quantitative estimate of drug-likeness (QED) is 0.195. The molecular weight excluding hydrogens is 526 g/mol. The Morgan fingerprint density at radius 3 is 2.33 bits per heavy atom. The highest BCUT2D eigenvalue weighted by Gasteiger charge is 2.32. The molecule has 4 aromatic carbocycles. The van der Waals surface area contributed by atoms with Crippen molar-refractivity contribution in [3.05, 3.63) is 137 Å². The van der Waals surface area contributed by atoms with Crippen molar-refractivity contribution < 1.29 is 19.4 Å². The molecule has 42 heavy (non-hydrogen) atoms. The maximum Gasteiger partial charge on any atom is 0.338 e. The Labute approximate surface area is 246 Å². The molecule has 212 valence electrons. The molecule has 4 aromatic rings. The smallest absolute Gasteiger partial charge is 0.338 e. The van der Waals surface area contributed by atoms with Crippen LogP contribution in [0, 0.1) is 6.57 Å². The van der Waals surface area contributed by atoms with Crippen LogP contribution in [-0.4, -0.2) is 47.2 Å². The number of hydrogen-bond acceptors (Lipinski definition) is 5. The molecule has 1 aliphatic heterocycles. The van der Waals surface area contributed by atoms with E-state index in [4.69, 9.17) is 17.0 Å². The summed E-state index contributed by atoms with van der Waals surface area (Å²) in [5, 5.41) is 10.0. The van der Waals surface area contributed by atoms with Crippen LogP contribution in [0.3, 0.4) is 0 Å². The van der Waals surface area contributed by atoms with E-state index in [1.165, 1.54) is 0 Å². The highest BCUT2D eigenvalue weighted by molar-refractivity contribution is 6.01. The Morgan fingerprint density at radius 2 is 1.62 bits per heavy atom. The first-order valence-corrected chi connectivity index (χ1v) is 14.0. The van der Waals surface area contributed by atoms with Crippen molar-refractivity contribution in [2.75, 3.05) is 19.8 Å². The lowest BCUT2D eigenvalue weighted by atomic mass is 9.93. The fraction of sp³-hybridized carbons (Fsp3) is 0.229. The van der Waals surface area contributed by atoms with Crippen molar-refractivity contribution in [3.8, 4) is 11.1 Å². The average molecular weight is 560 g/mol. The molecule has 5 rings (SSSR count). The number of nitrogens with zero attached hydrogens (tertiary/aromatic N) is 2. The normalized spacial score (nSPS) is 15.9. The van der Waals surface area contributed by atoms with Gasteiger partial charge < -0.3 is 20.5 Å². The topological polar surface area (TPSA) is 97.2 Å². The predicted octanol–water partition coefficient (Wildman–Crippen LogP) is 5.97. The molecule has 2 unspecified atom stereocenters. The maximum absolute atomic E-state index is 14.0. The third-order valence-electron chi connectivity index (χ3n) is 7.65. The van der Waals surface area contributed by atoms with Gasteiger partial charge in [0, 0.05) is 12.1 Å². The van der Waals surface area contributed by atoms with Crippen LogP contribution < -0.4 is 5.73 Å². The first-order chi connectivity index (χ1) is 20.4. The Kier molecular flexibility index (Phi) is 8.77. The van der Waals surface area contributed by atoms with E-state index in [0.29, 0.717) is 35.3 Å². The Bertz CT molecular complexity index is 1600. The maximum atomic E-state index is 14.0. The molecule has 0 radical (unpaired) electrons. The minimum Gasteiger partial charge on any atom is -0.460 e. The number of carbonyl (C=O) groups excluding carboxylic acids is 2. The van der Waals surface area contributed by atoms with Crippen LogP contribution in [0.1, 0.15) is 50.7 Å². The highest BCUT2D eigenvalue weighted by Crippen LogP contribution is 2.35. The van der Waals surface area contributed by atoms with Crippen molar-refractivity contribution in [1.29, 1.82) is 0 Å². The van der Waals surface area contributed by atoms with E-state index in [0.717, 1.165) is 24.0 Å². The molecule has 7 heteroatoms. The fourth-order valence-corrected chi connectivity index (χ4v) is 5.48. The number of para-hydroxylation sites is 1. The van der Waals surface area contributed by atoms with Crippen LogP contribution in [0.2, 0.25) is 0 Å². The predicted molar refractivity (Wildman–Crippen MR) is 162 cm³/mol. The molecular formula is C35H33N3O4. The van der Waals surface area contributed by atoms with E-state index in [-0.39, 0.29) is 30.7 Å². The van der Waals surface area contributed by atoms with E-state index < -0.39 is 11.5 Å². The second-order valence-corrected chi connectivity index (χ2v) is 10.8. The SMILES string of the molecule is [C-]#[N+]c1ccccc1-c1cc(C(=O)OCC(N)(CO)Cc2ccccc2)cc(C(=O)N2CCCC2c2ccccc2)c1. The molecule has 2 atom stereocenters. The monoisotopic (exact) mass is 559 g/mol. The number of rotatable bonds is 9. The van der Waals surface area contributed by atoms with Gasteiger partial charge in [-0.25, -0.2) is 9.64 Å². The lowest BCUT2D eigenvalue weighted by Crippen LogP contribution is -2.50. The summed E-state index contributed by atoms with van der Waals surface area (Å²) in [4.78, 5) is 32.9. The van der Waals surface area contributed by atoms with E-state index >= 15 is 0 Å². The molecule has 1 fully saturated rings. The van der Waals surface area contributed by atoms with Gasteiger partial charge >= 0.3 is 5.97 Å². The number of carbonyl (C=O) groups is 2. The molecule has 1 aliphatic rings. The number of aliphatic hydroxyl groups is 1. The third kappa shape index (κ3) is 6.41. The zero-order valence-corrected chi connectivity index (χ0v) is 23.3. The van der Waals surface area contributed by atoms with Crippen LogP contribution in [0.15, 0.2) is 103 Å². The van der Waals surface area contributed by atoms with Gasteiger partial charge in [0.25, 0.3) is 5.91 Å². The average Bonchev–Trinajstić information content (AvgIpc) is 3.54. The van der Waals surface area contributed by atoms with Gasteiger partial charge in [-0.2, -0.15) is 0 Å². The molecule has 7 nitrogen and oxygen atoms in total. The van der Waals surface area contributed by atoms with E-state index in [2.05, 4.69) is 4.85 Å². The second kappa shape index (κ2) is 12.8. The van der Waals surface area contributed by atoms with E-state index in [1.54, 1.807) is 36.4 Å². The van der Waals surface area contributed by atoms with Crippen LogP contribution >= 0.6 is 0 Å². The standard InChI is InChI=1S/C35H33N3O4/c1-37-31-16-9-8-15-30(31)27-19-28(33(40)38-18-10-17-32(38)26-13-6-3-7-14-26)21-29(20-27)34(41)42-24-35(36,23-39)22-25-11-4-2-5-12-25/h2-9,11-16,19-21,32,39H,10,17-18,22-24,36H2. The zero-order valence-electron chi connectivity index (χ0n) is 23.3. The number of esters is 1. The first-order valence-electron chi connectivity index (χ1n) is 14.0. The number of hydrogen-bond donors (Lipinski definition) is 2. The molecule has 1 amide bonds. The van der Waals surface area contributed by atoms with Crippen LogP contribution in [0.4, 0.5) is 5.69 Å².